The minimum absolute atomic E-state index is 0.155. The highest BCUT2D eigenvalue weighted by Crippen LogP contribution is 2.31. The van der Waals surface area contributed by atoms with Gasteiger partial charge in [-0.15, -0.1) is 0 Å². The number of primary amides is 1. The van der Waals surface area contributed by atoms with Gasteiger partial charge in [-0.2, -0.15) is 5.26 Å². The fourth-order valence-electron chi connectivity index (χ4n) is 6.55. The van der Waals surface area contributed by atoms with Crippen molar-refractivity contribution in [1.82, 2.24) is 25.8 Å². The summed E-state index contributed by atoms with van der Waals surface area (Å²) >= 11 is 0. The molecule has 4 rings (SSSR count). The number of hydrogen-bond acceptors (Lipinski definition) is 7. The van der Waals surface area contributed by atoms with Crippen LogP contribution in [0.25, 0.3) is 0 Å². The van der Waals surface area contributed by atoms with Crippen molar-refractivity contribution in [2.75, 3.05) is 39.4 Å². The first-order valence-corrected chi connectivity index (χ1v) is 14.1. The first kappa shape index (κ1) is 27.1. The third-order valence-corrected chi connectivity index (χ3v) is 8.63. The normalized spacial score (nSPS) is 28.8. The van der Waals surface area contributed by atoms with Crippen molar-refractivity contribution >= 4 is 11.9 Å². The Morgan fingerprint density at radius 2 is 1.69 bits per heavy atom. The number of nitriles is 1. The molecule has 2 saturated heterocycles. The van der Waals surface area contributed by atoms with Crippen molar-refractivity contribution in [3.05, 3.63) is 0 Å². The Balaban J connectivity index is 1.46. The molecule has 4 aliphatic rings. The fraction of sp³-hybridized carbons (Fsp3) is 0.885. The predicted molar refractivity (Wildman–Crippen MR) is 137 cm³/mol. The number of nitrogens with zero attached hydrogens (tertiary/aromatic N) is 3. The summed E-state index contributed by atoms with van der Waals surface area (Å²) in [5, 5.41) is 19.6. The van der Waals surface area contributed by atoms with Gasteiger partial charge < -0.3 is 21.1 Å². The first-order valence-electron chi connectivity index (χ1n) is 14.1. The number of carbonyl (C=O) groups is 2. The largest absolute Gasteiger partial charge is 0.379 e. The molecule has 2 aliphatic heterocycles. The van der Waals surface area contributed by atoms with E-state index in [4.69, 9.17) is 10.5 Å². The zero-order valence-electron chi connectivity index (χ0n) is 21.7. The second-order valence-corrected chi connectivity index (χ2v) is 11.2. The summed E-state index contributed by atoms with van der Waals surface area (Å²) in [7, 11) is 0. The quantitative estimate of drug-likeness (QED) is 0.351. The molecule has 5 N–H and O–H groups in total. The molecule has 202 valence electrons. The highest BCUT2D eigenvalue weighted by Gasteiger charge is 2.43. The summed E-state index contributed by atoms with van der Waals surface area (Å²) in [6.07, 6.45) is 12.7. The maximum Gasteiger partial charge on any atom is 0.314 e. The molecule has 10 heteroatoms. The van der Waals surface area contributed by atoms with Crippen LogP contribution < -0.4 is 21.7 Å². The van der Waals surface area contributed by atoms with Crippen molar-refractivity contribution < 1.29 is 14.3 Å². The van der Waals surface area contributed by atoms with Gasteiger partial charge in [-0.1, -0.05) is 51.4 Å². The Kier molecular flexibility index (Phi) is 9.82. The van der Waals surface area contributed by atoms with Gasteiger partial charge in [-0.25, -0.2) is 4.79 Å². The van der Waals surface area contributed by atoms with E-state index in [-0.39, 0.29) is 5.91 Å². The molecule has 0 radical (unpaired) electrons. The molecule has 3 unspecified atom stereocenters. The minimum atomic E-state index is -0.868. The molecule has 2 saturated carbocycles. The predicted octanol–water partition coefficient (Wildman–Crippen LogP) is 1.62. The molecule has 0 bridgehead atoms. The highest BCUT2D eigenvalue weighted by atomic mass is 16.5. The Bertz CT molecular complexity index is 772. The number of hydrogen-bond donors (Lipinski definition) is 4. The Labute approximate surface area is 215 Å². The number of ether oxygens (including phenoxy) is 1. The highest BCUT2D eigenvalue weighted by molar-refractivity contribution is 5.83. The lowest BCUT2D eigenvalue weighted by Gasteiger charge is -2.38. The first-order chi connectivity index (χ1) is 17.5. The van der Waals surface area contributed by atoms with E-state index in [1.807, 2.05) is 0 Å². The van der Waals surface area contributed by atoms with Crippen LogP contribution in [0.4, 0.5) is 4.79 Å². The van der Waals surface area contributed by atoms with Gasteiger partial charge in [0.15, 0.2) is 0 Å². The maximum atomic E-state index is 13.8. The van der Waals surface area contributed by atoms with Crippen LogP contribution >= 0.6 is 0 Å². The molecule has 3 atom stereocenters. The monoisotopic (exact) mass is 503 g/mol. The van der Waals surface area contributed by atoms with Crippen LogP contribution in [0.5, 0.6) is 0 Å². The molecule has 0 spiro atoms. The Morgan fingerprint density at radius 3 is 2.33 bits per heavy atom. The van der Waals surface area contributed by atoms with Gasteiger partial charge in [-0.3, -0.25) is 19.9 Å². The van der Waals surface area contributed by atoms with Crippen molar-refractivity contribution in [3.63, 3.8) is 0 Å². The van der Waals surface area contributed by atoms with Gasteiger partial charge in [-0.05, 0) is 31.6 Å². The number of likely N-dealkylation sites (tertiary alicyclic amines) is 1. The van der Waals surface area contributed by atoms with E-state index in [0.29, 0.717) is 57.6 Å². The molecular formula is C26H45N7O3. The SMILES string of the molecule is N#CC1(NC(=O)C(CC2CCCCC2)NC(NC(N)=O)N2CCOCC2)CCN(C2CCCCC2)C1. The smallest absolute Gasteiger partial charge is 0.314 e. The van der Waals surface area contributed by atoms with Crippen LogP contribution in [-0.2, 0) is 9.53 Å². The van der Waals surface area contributed by atoms with E-state index in [2.05, 4.69) is 31.8 Å². The number of amides is 3. The van der Waals surface area contributed by atoms with E-state index in [0.717, 1.165) is 19.4 Å². The zero-order valence-corrected chi connectivity index (χ0v) is 21.7. The third-order valence-electron chi connectivity index (χ3n) is 8.63. The molecule has 3 amide bonds. The fourth-order valence-corrected chi connectivity index (χ4v) is 6.55. The van der Waals surface area contributed by atoms with Crippen LogP contribution in [0, 0.1) is 17.2 Å². The van der Waals surface area contributed by atoms with Crippen LogP contribution in [-0.4, -0.2) is 85.0 Å². The standard InChI is InChI=1S/C26H45N7O3/c27-18-26(11-12-33(19-26)21-9-5-2-6-10-21)31-23(34)22(17-20-7-3-1-4-8-20)29-25(30-24(28)35)32-13-15-36-16-14-32/h20-22,25,29H,1-17,19H2,(H,31,34)(H3,28,30,35). The average Bonchev–Trinajstić information content (AvgIpc) is 3.33. The average molecular weight is 504 g/mol. The second-order valence-electron chi connectivity index (χ2n) is 11.2. The van der Waals surface area contributed by atoms with Crippen LogP contribution in [0.2, 0.25) is 0 Å². The summed E-state index contributed by atoms with van der Waals surface area (Å²) in [6.45, 7) is 3.82. The Morgan fingerprint density at radius 1 is 1.03 bits per heavy atom. The number of carbonyl (C=O) groups excluding carboxylic acids is 2. The Hall–Kier alpha value is -1.93. The summed E-state index contributed by atoms with van der Waals surface area (Å²) in [6, 6.07) is 1.83. The lowest BCUT2D eigenvalue weighted by atomic mass is 9.84. The van der Waals surface area contributed by atoms with Crippen LogP contribution in [0.15, 0.2) is 0 Å². The van der Waals surface area contributed by atoms with Gasteiger partial charge in [0.25, 0.3) is 0 Å². The van der Waals surface area contributed by atoms with Gasteiger partial charge in [0.2, 0.25) is 5.91 Å². The number of nitrogens with one attached hydrogen (secondary N) is 3. The summed E-state index contributed by atoms with van der Waals surface area (Å²) in [4.78, 5) is 30.1. The molecule has 0 aromatic carbocycles. The molecule has 10 nitrogen and oxygen atoms in total. The lowest BCUT2D eigenvalue weighted by Crippen LogP contribution is -2.65. The van der Waals surface area contributed by atoms with Crippen molar-refractivity contribution in [3.8, 4) is 6.07 Å². The van der Waals surface area contributed by atoms with Gasteiger partial charge in [0, 0.05) is 32.2 Å². The topological polar surface area (TPSA) is 136 Å². The molecule has 4 fully saturated rings. The van der Waals surface area contributed by atoms with E-state index >= 15 is 0 Å². The second kappa shape index (κ2) is 13.0. The van der Waals surface area contributed by atoms with E-state index in [1.54, 1.807) is 0 Å². The summed E-state index contributed by atoms with van der Waals surface area (Å²) < 4.78 is 5.47. The minimum Gasteiger partial charge on any atom is -0.379 e. The van der Waals surface area contributed by atoms with Crippen LogP contribution in [0.3, 0.4) is 0 Å². The summed E-state index contributed by atoms with van der Waals surface area (Å²) in [5.41, 5.74) is 4.63. The number of nitrogens with two attached hydrogens (primary N) is 1. The number of morpholine rings is 1. The molecule has 0 aromatic rings. The van der Waals surface area contributed by atoms with Gasteiger partial charge in [0.05, 0.1) is 25.3 Å². The zero-order chi connectivity index (χ0) is 25.4. The van der Waals surface area contributed by atoms with E-state index in [1.165, 1.54) is 51.4 Å². The lowest BCUT2D eigenvalue weighted by molar-refractivity contribution is -0.126. The number of urea groups is 1. The van der Waals surface area contributed by atoms with Crippen LogP contribution in [0.1, 0.15) is 77.0 Å². The van der Waals surface area contributed by atoms with Crippen molar-refractivity contribution in [2.24, 2.45) is 11.7 Å². The van der Waals surface area contributed by atoms with E-state index in [9.17, 15) is 14.9 Å². The van der Waals surface area contributed by atoms with Gasteiger partial charge >= 0.3 is 6.03 Å². The molecule has 2 aliphatic carbocycles. The van der Waals surface area contributed by atoms with Gasteiger partial charge in [0.1, 0.15) is 11.8 Å². The molecular weight excluding hydrogens is 458 g/mol. The maximum absolute atomic E-state index is 13.8. The van der Waals surface area contributed by atoms with Crippen molar-refractivity contribution in [1.29, 1.82) is 5.26 Å². The number of rotatable bonds is 9. The summed E-state index contributed by atoms with van der Waals surface area (Å²) in [5.74, 6) is 0.290. The van der Waals surface area contributed by atoms with Crippen molar-refractivity contribution in [2.45, 2.75) is 101 Å². The molecule has 2 heterocycles. The third kappa shape index (κ3) is 7.31. The van der Waals surface area contributed by atoms with E-state index < -0.39 is 23.9 Å². The molecule has 0 aromatic heterocycles. The molecule has 36 heavy (non-hydrogen) atoms.